The van der Waals surface area contributed by atoms with E-state index in [2.05, 4.69) is 36.7 Å². The fourth-order valence-electron chi connectivity index (χ4n) is 1.84. The van der Waals surface area contributed by atoms with Crippen LogP contribution in [0.2, 0.25) is 0 Å². The minimum Gasteiger partial charge on any atom is -0.348 e. The Morgan fingerprint density at radius 3 is 2.81 bits per heavy atom. The number of thiophene rings is 1. The van der Waals surface area contributed by atoms with E-state index < -0.39 is 0 Å². The van der Waals surface area contributed by atoms with Gasteiger partial charge in [-0.25, -0.2) is 0 Å². The summed E-state index contributed by atoms with van der Waals surface area (Å²) in [6.45, 7) is 4.40. The monoisotopic (exact) mass is 237 g/mol. The number of nitrogens with one attached hydrogen (secondary N) is 1. The van der Waals surface area contributed by atoms with Crippen molar-refractivity contribution in [1.29, 1.82) is 0 Å². The molecular weight excluding hydrogens is 218 g/mol. The summed E-state index contributed by atoms with van der Waals surface area (Å²) in [6, 6.07) is 4.38. The van der Waals surface area contributed by atoms with Crippen LogP contribution >= 0.6 is 11.3 Å². The molecule has 1 N–H and O–H groups in total. The molecule has 1 heterocycles. The molecule has 1 aromatic rings. The van der Waals surface area contributed by atoms with Crippen LogP contribution in [0.4, 0.5) is 0 Å². The summed E-state index contributed by atoms with van der Waals surface area (Å²) in [7, 11) is 0. The van der Waals surface area contributed by atoms with E-state index in [-0.39, 0.29) is 11.9 Å². The molecule has 0 saturated heterocycles. The van der Waals surface area contributed by atoms with Gasteiger partial charge in [0.1, 0.15) is 0 Å². The van der Waals surface area contributed by atoms with Gasteiger partial charge in [-0.15, -0.1) is 11.3 Å². The predicted octanol–water partition coefficient (Wildman–Crippen LogP) is 3.36. The Morgan fingerprint density at radius 1 is 1.56 bits per heavy atom. The van der Waals surface area contributed by atoms with Gasteiger partial charge in [-0.2, -0.15) is 0 Å². The molecule has 2 nitrogen and oxygen atoms in total. The SMILES string of the molecule is CC(C)C[C@H](NC(=O)C1CC1)c1cccs1. The van der Waals surface area contributed by atoms with Gasteiger partial charge >= 0.3 is 0 Å². The Hall–Kier alpha value is -0.830. The Labute approximate surface area is 101 Å². The smallest absolute Gasteiger partial charge is 0.223 e. The quantitative estimate of drug-likeness (QED) is 0.836. The molecule has 1 atom stereocenters. The van der Waals surface area contributed by atoms with Gasteiger partial charge in [0, 0.05) is 10.8 Å². The van der Waals surface area contributed by atoms with E-state index in [0.717, 1.165) is 19.3 Å². The van der Waals surface area contributed by atoms with E-state index in [9.17, 15) is 4.79 Å². The summed E-state index contributed by atoms with van der Waals surface area (Å²) >= 11 is 1.73. The van der Waals surface area contributed by atoms with Crippen LogP contribution in [0.3, 0.4) is 0 Å². The van der Waals surface area contributed by atoms with Gasteiger partial charge in [0.05, 0.1) is 6.04 Å². The minimum absolute atomic E-state index is 0.216. The first kappa shape index (κ1) is 11.6. The highest BCUT2D eigenvalue weighted by atomic mass is 32.1. The first-order valence-electron chi connectivity index (χ1n) is 6.00. The standard InChI is InChI=1S/C13H19NOS/c1-9(2)8-11(12-4-3-7-16-12)14-13(15)10-5-6-10/h3-4,7,9-11H,5-6,8H2,1-2H3,(H,14,15)/t11-/m0/s1. The Kier molecular flexibility index (Phi) is 3.64. The van der Waals surface area contributed by atoms with Crippen molar-refractivity contribution in [3.63, 3.8) is 0 Å². The lowest BCUT2D eigenvalue weighted by atomic mass is 10.0. The van der Waals surface area contributed by atoms with Crippen molar-refractivity contribution >= 4 is 17.2 Å². The van der Waals surface area contributed by atoms with Gasteiger partial charge in [0.25, 0.3) is 0 Å². The molecule has 88 valence electrons. The van der Waals surface area contributed by atoms with E-state index in [1.54, 1.807) is 11.3 Å². The highest BCUT2D eigenvalue weighted by molar-refractivity contribution is 7.10. The number of rotatable bonds is 5. The Balaban J connectivity index is 1.99. The molecule has 0 bridgehead atoms. The number of amides is 1. The predicted molar refractivity (Wildman–Crippen MR) is 67.4 cm³/mol. The molecule has 1 aromatic heterocycles. The van der Waals surface area contributed by atoms with E-state index in [1.807, 2.05) is 0 Å². The minimum atomic E-state index is 0.216. The van der Waals surface area contributed by atoms with E-state index in [0.29, 0.717) is 11.8 Å². The fourth-order valence-corrected chi connectivity index (χ4v) is 2.63. The van der Waals surface area contributed by atoms with Crippen molar-refractivity contribution in [2.24, 2.45) is 11.8 Å². The van der Waals surface area contributed by atoms with Crippen LogP contribution in [-0.4, -0.2) is 5.91 Å². The summed E-state index contributed by atoms with van der Waals surface area (Å²) in [5.41, 5.74) is 0. The lowest BCUT2D eigenvalue weighted by Gasteiger charge is -2.19. The van der Waals surface area contributed by atoms with Crippen LogP contribution in [0.15, 0.2) is 17.5 Å². The average molecular weight is 237 g/mol. The highest BCUT2D eigenvalue weighted by Crippen LogP contribution is 2.31. The number of hydrogen-bond donors (Lipinski definition) is 1. The molecule has 0 spiro atoms. The van der Waals surface area contributed by atoms with Crippen LogP contribution < -0.4 is 5.32 Å². The Morgan fingerprint density at radius 2 is 2.31 bits per heavy atom. The van der Waals surface area contributed by atoms with Crippen molar-refractivity contribution in [3.8, 4) is 0 Å². The van der Waals surface area contributed by atoms with Gasteiger partial charge in [-0.05, 0) is 36.6 Å². The maximum absolute atomic E-state index is 11.8. The number of carbonyl (C=O) groups is 1. The molecule has 1 aliphatic carbocycles. The third kappa shape index (κ3) is 3.08. The molecule has 3 heteroatoms. The van der Waals surface area contributed by atoms with Crippen molar-refractivity contribution in [2.75, 3.05) is 0 Å². The highest BCUT2D eigenvalue weighted by Gasteiger charge is 2.31. The van der Waals surface area contributed by atoms with Crippen LogP contribution in [0.1, 0.15) is 44.0 Å². The maximum Gasteiger partial charge on any atom is 0.223 e. The maximum atomic E-state index is 11.8. The molecule has 0 unspecified atom stereocenters. The Bertz CT molecular complexity index is 341. The van der Waals surface area contributed by atoms with Gasteiger partial charge in [-0.1, -0.05) is 19.9 Å². The summed E-state index contributed by atoms with van der Waals surface area (Å²) in [4.78, 5) is 13.1. The summed E-state index contributed by atoms with van der Waals surface area (Å²) < 4.78 is 0. The second-order valence-corrected chi connectivity index (χ2v) is 5.96. The first-order chi connectivity index (χ1) is 7.66. The molecule has 0 aliphatic heterocycles. The van der Waals surface area contributed by atoms with E-state index in [1.165, 1.54) is 4.88 Å². The molecule has 1 amide bonds. The van der Waals surface area contributed by atoms with Crippen molar-refractivity contribution < 1.29 is 4.79 Å². The molecule has 2 rings (SSSR count). The van der Waals surface area contributed by atoms with Crippen molar-refractivity contribution in [3.05, 3.63) is 22.4 Å². The number of hydrogen-bond acceptors (Lipinski definition) is 2. The zero-order chi connectivity index (χ0) is 11.5. The van der Waals surface area contributed by atoms with Gasteiger partial charge in [0.15, 0.2) is 0 Å². The fraction of sp³-hybridized carbons (Fsp3) is 0.615. The van der Waals surface area contributed by atoms with Crippen molar-refractivity contribution in [2.45, 2.75) is 39.2 Å². The zero-order valence-electron chi connectivity index (χ0n) is 9.90. The van der Waals surface area contributed by atoms with E-state index >= 15 is 0 Å². The number of carbonyl (C=O) groups excluding carboxylic acids is 1. The first-order valence-corrected chi connectivity index (χ1v) is 6.88. The van der Waals surface area contributed by atoms with Gasteiger partial charge in [-0.3, -0.25) is 4.79 Å². The van der Waals surface area contributed by atoms with E-state index in [4.69, 9.17) is 0 Å². The molecular formula is C13H19NOS. The lowest BCUT2D eigenvalue weighted by molar-refractivity contribution is -0.123. The lowest BCUT2D eigenvalue weighted by Crippen LogP contribution is -2.30. The summed E-state index contributed by atoms with van der Waals surface area (Å²) in [5.74, 6) is 1.15. The topological polar surface area (TPSA) is 29.1 Å². The summed E-state index contributed by atoms with van der Waals surface area (Å²) in [6.07, 6.45) is 3.17. The molecule has 16 heavy (non-hydrogen) atoms. The molecule has 1 fully saturated rings. The second kappa shape index (κ2) is 5.00. The third-order valence-corrected chi connectivity index (χ3v) is 3.84. The van der Waals surface area contributed by atoms with Crippen LogP contribution in [-0.2, 0) is 4.79 Å². The molecule has 1 saturated carbocycles. The third-order valence-electron chi connectivity index (χ3n) is 2.86. The van der Waals surface area contributed by atoms with Crippen molar-refractivity contribution in [1.82, 2.24) is 5.32 Å². The molecule has 1 aliphatic rings. The average Bonchev–Trinajstić information content (AvgIpc) is 2.92. The largest absolute Gasteiger partial charge is 0.348 e. The van der Waals surface area contributed by atoms with Gasteiger partial charge in [0.2, 0.25) is 5.91 Å². The zero-order valence-corrected chi connectivity index (χ0v) is 10.7. The van der Waals surface area contributed by atoms with Crippen LogP contribution in [0.5, 0.6) is 0 Å². The summed E-state index contributed by atoms with van der Waals surface area (Å²) in [5, 5.41) is 5.26. The normalized spacial score (nSPS) is 17.4. The van der Waals surface area contributed by atoms with Crippen LogP contribution in [0, 0.1) is 11.8 Å². The van der Waals surface area contributed by atoms with Crippen LogP contribution in [0.25, 0.3) is 0 Å². The molecule has 0 aromatic carbocycles. The second-order valence-electron chi connectivity index (χ2n) is 4.98. The molecule has 0 radical (unpaired) electrons. The van der Waals surface area contributed by atoms with Gasteiger partial charge < -0.3 is 5.32 Å².